The number of carboxylic acid groups (broad SMARTS) is 1. The van der Waals surface area contributed by atoms with E-state index in [-0.39, 0.29) is 6.42 Å². The van der Waals surface area contributed by atoms with Crippen molar-refractivity contribution in [2.45, 2.75) is 38.0 Å². The molecule has 2 aliphatic carbocycles. The predicted molar refractivity (Wildman–Crippen MR) is 53.8 cm³/mol. The molecule has 2 saturated carbocycles. The fourth-order valence-corrected chi connectivity index (χ4v) is 2.90. The first-order chi connectivity index (χ1) is 7.75. The zero-order valence-corrected chi connectivity index (χ0v) is 8.93. The summed E-state index contributed by atoms with van der Waals surface area (Å²) < 4.78 is 5.51. The Bertz CT molecular complexity index is 405. The second kappa shape index (κ2) is 3.57. The van der Waals surface area contributed by atoms with Gasteiger partial charge in [0.25, 0.3) is 0 Å². The van der Waals surface area contributed by atoms with Gasteiger partial charge in [-0.2, -0.15) is 0 Å². The van der Waals surface area contributed by atoms with Gasteiger partial charge in [0.1, 0.15) is 0 Å². The lowest BCUT2D eigenvalue weighted by molar-refractivity contribution is -0.137. The van der Waals surface area contributed by atoms with E-state index in [1.54, 1.807) is 0 Å². The number of hydrogen-bond acceptors (Lipinski definition) is 4. The second-order valence-corrected chi connectivity index (χ2v) is 4.71. The fourth-order valence-electron chi connectivity index (χ4n) is 2.90. The van der Waals surface area contributed by atoms with Crippen LogP contribution >= 0.6 is 0 Å². The first kappa shape index (κ1) is 9.81. The maximum absolute atomic E-state index is 10.4. The molecule has 16 heavy (non-hydrogen) atoms. The number of carbonyl (C=O) groups is 1. The van der Waals surface area contributed by atoms with Crippen molar-refractivity contribution in [3.05, 3.63) is 11.8 Å². The topological polar surface area (TPSA) is 76.2 Å². The minimum Gasteiger partial charge on any atom is -0.481 e. The maximum Gasteiger partial charge on any atom is 0.303 e. The summed E-state index contributed by atoms with van der Waals surface area (Å²) in [5.41, 5.74) is 0. The Morgan fingerprint density at radius 2 is 2.12 bits per heavy atom. The minimum absolute atomic E-state index is 0.0547. The third-order valence-electron chi connectivity index (χ3n) is 3.73. The Kier molecular flexibility index (Phi) is 2.19. The van der Waals surface area contributed by atoms with Gasteiger partial charge < -0.3 is 9.52 Å². The number of fused-ring (bicyclic) bond motifs is 1. The van der Waals surface area contributed by atoms with Crippen LogP contribution in [0.15, 0.2) is 4.42 Å². The van der Waals surface area contributed by atoms with Gasteiger partial charge in [0.15, 0.2) is 0 Å². The van der Waals surface area contributed by atoms with Crippen LogP contribution in [0.3, 0.4) is 0 Å². The van der Waals surface area contributed by atoms with Crippen molar-refractivity contribution in [3.63, 3.8) is 0 Å². The SMILES string of the molecule is O=C(O)CCc1nnc(C2C3CCCC32)o1. The van der Waals surface area contributed by atoms with E-state index in [2.05, 4.69) is 10.2 Å². The quantitative estimate of drug-likeness (QED) is 0.837. The highest BCUT2D eigenvalue weighted by atomic mass is 16.4. The molecule has 0 radical (unpaired) electrons. The molecule has 3 rings (SSSR count). The van der Waals surface area contributed by atoms with Gasteiger partial charge in [-0.25, -0.2) is 0 Å². The van der Waals surface area contributed by atoms with Crippen molar-refractivity contribution in [1.82, 2.24) is 10.2 Å². The summed E-state index contributed by atoms with van der Waals surface area (Å²) >= 11 is 0. The molecule has 5 nitrogen and oxygen atoms in total. The molecule has 0 aromatic carbocycles. The number of nitrogens with zero attached hydrogens (tertiary/aromatic N) is 2. The molecule has 2 fully saturated rings. The molecule has 1 aromatic heterocycles. The Hall–Kier alpha value is -1.39. The largest absolute Gasteiger partial charge is 0.481 e. The van der Waals surface area contributed by atoms with Crippen LogP contribution in [0.5, 0.6) is 0 Å². The molecular formula is C11H14N2O3. The third kappa shape index (κ3) is 1.60. The summed E-state index contributed by atoms with van der Waals surface area (Å²) in [6.45, 7) is 0. The van der Waals surface area contributed by atoms with E-state index >= 15 is 0 Å². The summed E-state index contributed by atoms with van der Waals surface area (Å²) in [7, 11) is 0. The Morgan fingerprint density at radius 3 is 2.81 bits per heavy atom. The molecule has 86 valence electrons. The summed E-state index contributed by atoms with van der Waals surface area (Å²) in [6.07, 6.45) is 4.28. The van der Waals surface area contributed by atoms with Crippen LogP contribution in [0.1, 0.15) is 43.4 Å². The smallest absolute Gasteiger partial charge is 0.303 e. The first-order valence-corrected chi connectivity index (χ1v) is 5.80. The molecule has 1 N–H and O–H groups in total. The lowest BCUT2D eigenvalue weighted by atomic mass is 10.1. The van der Waals surface area contributed by atoms with Gasteiger partial charge in [-0.05, 0) is 24.7 Å². The molecule has 0 spiro atoms. The van der Waals surface area contributed by atoms with Gasteiger partial charge in [0.2, 0.25) is 11.8 Å². The van der Waals surface area contributed by atoms with E-state index in [0.29, 0.717) is 18.2 Å². The summed E-state index contributed by atoms with van der Waals surface area (Å²) in [6, 6.07) is 0. The van der Waals surface area contributed by atoms with Crippen molar-refractivity contribution in [3.8, 4) is 0 Å². The lowest BCUT2D eigenvalue weighted by Crippen LogP contribution is -1.97. The molecule has 1 aromatic rings. The van der Waals surface area contributed by atoms with Gasteiger partial charge in [-0.15, -0.1) is 10.2 Å². The van der Waals surface area contributed by atoms with Gasteiger partial charge in [-0.1, -0.05) is 6.42 Å². The minimum atomic E-state index is -0.831. The van der Waals surface area contributed by atoms with Gasteiger partial charge in [0, 0.05) is 12.3 Å². The van der Waals surface area contributed by atoms with E-state index in [1.165, 1.54) is 19.3 Å². The molecule has 5 heteroatoms. The van der Waals surface area contributed by atoms with Crippen LogP contribution in [0.25, 0.3) is 0 Å². The Balaban J connectivity index is 1.63. The molecule has 2 aliphatic rings. The van der Waals surface area contributed by atoms with Crippen LogP contribution in [0.2, 0.25) is 0 Å². The lowest BCUT2D eigenvalue weighted by Gasteiger charge is -1.95. The van der Waals surface area contributed by atoms with Crippen molar-refractivity contribution in [2.75, 3.05) is 0 Å². The Morgan fingerprint density at radius 1 is 1.38 bits per heavy atom. The third-order valence-corrected chi connectivity index (χ3v) is 3.73. The number of rotatable bonds is 4. The first-order valence-electron chi connectivity index (χ1n) is 5.80. The van der Waals surface area contributed by atoms with Gasteiger partial charge in [0.05, 0.1) is 6.42 Å². The molecule has 0 aliphatic heterocycles. The number of aliphatic carboxylic acids is 1. The summed E-state index contributed by atoms with van der Waals surface area (Å²) in [5.74, 6) is 2.35. The molecular weight excluding hydrogens is 208 g/mol. The average molecular weight is 222 g/mol. The fraction of sp³-hybridized carbons (Fsp3) is 0.727. The monoisotopic (exact) mass is 222 g/mol. The van der Waals surface area contributed by atoms with Crippen LogP contribution in [-0.2, 0) is 11.2 Å². The van der Waals surface area contributed by atoms with Crippen LogP contribution in [0.4, 0.5) is 0 Å². The van der Waals surface area contributed by atoms with Crippen LogP contribution in [0, 0.1) is 11.8 Å². The molecule has 2 unspecified atom stereocenters. The molecule has 2 atom stereocenters. The molecule has 0 bridgehead atoms. The van der Waals surface area contributed by atoms with E-state index < -0.39 is 5.97 Å². The van der Waals surface area contributed by atoms with Crippen molar-refractivity contribution in [1.29, 1.82) is 0 Å². The van der Waals surface area contributed by atoms with Gasteiger partial charge >= 0.3 is 5.97 Å². The normalized spacial score (nSPS) is 31.4. The maximum atomic E-state index is 10.4. The average Bonchev–Trinajstić information content (AvgIpc) is 2.73. The molecule has 1 heterocycles. The van der Waals surface area contributed by atoms with Crippen LogP contribution in [-0.4, -0.2) is 21.3 Å². The van der Waals surface area contributed by atoms with E-state index in [1.807, 2.05) is 0 Å². The van der Waals surface area contributed by atoms with Gasteiger partial charge in [-0.3, -0.25) is 4.79 Å². The van der Waals surface area contributed by atoms with Crippen molar-refractivity contribution >= 4 is 5.97 Å². The Labute approximate surface area is 92.9 Å². The number of aryl methyl sites for hydroxylation is 1. The highest BCUT2D eigenvalue weighted by molar-refractivity contribution is 5.66. The zero-order chi connectivity index (χ0) is 11.1. The van der Waals surface area contributed by atoms with Crippen LogP contribution < -0.4 is 0 Å². The zero-order valence-electron chi connectivity index (χ0n) is 8.93. The number of hydrogen-bond donors (Lipinski definition) is 1. The summed E-state index contributed by atoms with van der Waals surface area (Å²) in [4.78, 5) is 10.4. The molecule has 0 amide bonds. The van der Waals surface area contributed by atoms with Crippen molar-refractivity contribution < 1.29 is 14.3 Å². The van der Waals surface area contributed by atoms with E-state index in [9.17, 15) is 4.79 Å². The summed E-state index contributed by atoms with van der Waals surface area (Å²) in [5, 5.41) is 16.5. The standard InChI is InChI=1S/C11H14N2O3/c14-9(15)5-4-8-12-13-11(16-8)10-6-2-1-3-7(6)10/h6-7,10H,1-5H2,(H,14,15). The second-order valence-electron chi connectivity index (χ2n) is 4.71. The highest BCUT2D eigenvalue weighted by Gasteiger charge is 2.56. The molecule has 0 saturated heterocycles. The number of carboxylic acids is 1. The van der Waals surface area contributed by atoms with Crippen molar-refractivity contribution in [2.24, 2.45) is 11.8 Å². The highest BCUT2D eigenvalue weighted by Crippen LogP contribution is 2.62. The van der Waals surface area contributed by atoms with E-state index in [4.69, 9.17) is 9.52 Å². The van der Waals surface area contributed by atoms with E-state index in [0.717, 1.165) is 17.7 Å². The number of aromatic nitrogens is 2. The predicted octanol–water partition coefficient (Wildman–Crippen LogP) is 1.60.